The van der Waals surface area contributed by atoms with Crippen LogP contribution in [0.1, 0.15) is 48.8 Å². The van der Waals surface area contributed by atoms with Gasteiger partial charge in [-0.25, -0.2) is 0 Å². The maximum atomic E-state index is 6.46. The molecular weight excluding hydrogens is 280 g/mol. The molecule has 0 spiro atoms. The third kappa shape index (κ3) is 2.51. The number of nitrogens with zero attached hydrogens (tertiary/aromatic N) is 1. The first-order valence-electron chi connectivity index (χ1n) is 7.52. The van der Waals surface area contributed by atoms with Crippen molar-refractivity contribution in [3.8, 4) is 5.69 Å². The Morgan fingerprint density at radius 3 is 2.67 bits per heavy atom. The first-order chi connectivity index (χ1) is 9.78. The molecule has 1 aromatic carbocycles. The summed E-state index contributed by atoms with van der Waals surface area (Å²) < 4.78 is 2.30. The summed E-state index contributed by atoms with van der Waals surface area (Å²) in [5, 5.41) is 0.791. The monoisotopic (exact) mass is 302 g/mol. The second-order valence-electron chi connectivity index (χ2n) is 7.13. The van der Waals surface area contributed by atoms with E-state index in [2.05, 4.69) is 44.4 Å². The van der Waals surface area contributed by atoms with E-state index >= 15 is 0 Å². The number of nitrogens with two attached hydrogens (primary N) is 1. The van der Waals surface area contributed by atoms with Gasteiger partial charge in [0.2, 0.25) is 0 Å². The molecule has 1 unspecified atom stereocenters. The third-order valence-electron chi connectivity index (χ3n) is 4.48. The van der Waals surface area contributed by atoms with Gasteiger partial charge in [-0.15, -0.1) is 0 Å². The van der Waals surface area contributed by atoms with Crippen molar-refractivity contribution in [2.45, 2.75) is 46.6 Å². The SMILES string of the molecule is Cc1ccc(Cl)c(-n2c(C)cc3c2CC(C)(C)CC3N)c1. The highest BCUT2D eigenvalue weighted by Crippen LogP contribution is 2.42. The average Bonchev–Trinajstić information content (AvgIpc) is 2.68. The number of aromatic nitrogens is 1. The van der Waals surface area contributed by atoms with Gasteiger partial charge in [0.05, 0.1) is 10.7 Å². The van der Waals surface area contributed by atoms with Crippen molar-refractivity contribution >= 4 is 11.6 Å². The zero-order valence-corrected chi connectivity index (χ0v) is 14.0. The fourth-order valence-corrected chi connectivity index (χ4v) is 3.78. The van der Waals surface area contributed by atoms with Crippen LogP contribution in [-0.4, -0.2) is 4.57 Å². The quantitative estimate of drug-likeness (QED) is 0.812. The van der Waals surface area contributed by atoms with E-state index in [1.165, 1.54) is 22.5 Å². The molecule has 2 N–H and O–H groups in total. The van der Waals surface area contributed by atoms with Crippen molar-refractivity contribution in [1.29, 1.82) is 0 Å². The fourth-order valence-electron chi connectivity index (χ4n) is 3.58. The number of hydrogen-bond donors (Lipinski definition) is 1. The second-order valence-corrected chi connectivity index (χ2v) is 7.54. The maximum absolute atomic E-state index is 6.46. The number of fused-ring (bicyclic) bond motifs is 1. The van der Waals surface area contributed by atoms with Gasteiger partial charge in [0, 0.05) is 17.4 Å². The van der Waals surface area contributed by atoms with Crippen LogP contribution in [-0.2, 0) is 6.42 Å². The van der Waals surface area contributed by atoms with Crippen LogP contribution >= 0.6 is 11.6 Å². The Labute approximate surface area is 131 Å². The Kier molecular flexibility index (Phi) is 3.42. The van der Waals surface area contributed by atoms with Gasteiger partial charge in [0.15, 0.2) is 0 Å². The molecule has 0 radical (unpaired) electrons. The van der Waals surface area contributed by atoms with Crippen molar-refractivity contribution < 1.29 is 0 Å². The fraction of sp³-hybridized carbons (Fsp3) is 0.444. The molecule has 0 saturated carbocycles. The van der Waals surface area contributed by atoms with E-state index in [0.29, 0.717) is 0 Å². The van der Waals surface area contributed by atoms with Crippen molar-refractivity contribution in [3.05, 3.63) is 51.8 Å². The first kappa shape index (κ1) is 14.7. The minimum absolute atomic E-state index is 0.118. The number of hydrogen-bond acceptors (Lipinski definition) is 1. The van der Waals surface area contributed by atoms with E-state index in [4.69, 9.17) is 17.3 Å². The Balaban J connectivity index is 2.23. The van der Waals surface area contributed by atoms with Gasteiger partial charge in [0.25, 0.3) is 0 Å². The van der Waals surface area contributed by atoms with E-state index in [1.54, 1.807) is 0 Å². The molecule has 1 aliphatic rings. The molecule has 0 amide bonds. The van der Waals surface area contributed by atoms with Crippen molar-refractivity contribution in [2.75, 3.05) is 0 Å². The minimum atomic E-state index is 0.118. The summed E-state index contributed by atoms with van der Waals surface area (Å²) in [4.78, 5) is 0. The zero-order valence-electron chi connectivity index (χ0n) is 13.2. The van der Waals surface area contributed by atoms with E-state index in [1.807, 2.05) is 12.1 Å². The van der Waals surface area contributed by atoms with Gasteiger partial charge in [-0.3, -0.25) is 0 Å². The normalized spacial score (nSPS) is 20.4. The lowest BCUT2D eigenvalue weighted by molar-refractivity contribution is 0.278. The highest BCUT2D eigenvalue weighted by molar-refractivity contribution is 6.32. The van der Waals surface area contributed by atoms with Gasteiger partial charge >= 0.3 is 0 Å². The summed E-state index contributed by atoms with van der Waals surface area (Å²) in [7, 11) is 0. The Morgan fingerprint density at radius 1 is 1.24 bits per heavy atom. The third-order valence-corrected chi connectivity index (χ3v) is 4.80. The minimum Gasteiger partial charge on any atom is -0.324 e. The van der Waals surface area contributed by atoms with Crippen molar-refractivity contribution in [2.24, 2.45) is 11.1 Å². The summed E-state index contributed by atoms with van der Waals surface area (Å²) in [5.41, 5.74) is 12.7. The number of aryl methyl sites for hydroxylation is 2. The van der Waals surface area contributed by atoms with Crippen LogP contribution in [0, 0.1) is 19.3 Å². The molecule has 0 saturated heterocycles. The number of halogens is 1. The molecule has 0 bridgehead atoms. The van der Waals surface area contributed by atoms with Crippen molar-refractivity contribution in [1.82, 2.24) is 4.57 Å². The van der Waals surface area contributed by atoms with Crippen LogP contribution in [0.5, 0.6) is 0 Å². The standard InChI is InChI=1S/C18H23ClN2/c1-11-5-6-14(19)16(7-11)21-12(2)8-13-15(20)9-18(3,4)10-17(13)21/h5-8,15H,9-10,20H2,1-4H3. The van der Waals surface area contributed by atoms with E-state index in [0.717, 1.165) is 23.6 Å². The van der Waals surface area contributed by atoms with Crippen LogP contribution in [0.15, 0.2) is 24.3 Å². The average molecular weight is 303 g/mol. The lowest BCUT2D eigenvalue weighted by Crippen LogP contribution is -2.30. The Hall–Kier alpha value is -1.25. The van der Waals surface area contributed by atoms with E-state index < -0.39 is 0 Å². The molecule has 3 heteroatoms. The summed E-state index contributed by atoms with van der Waals surface area (Å²) in [6.07, 6.45) is 2.07. The summed E-state index contributed by atoms with van der Waals surface area (Å²) >= 11 is 6.46. The first-order valence-corrected chi connectivity index (χ1v) is 7.89. The van der Waals surface area contributed by atoms with Crippen LogP contribution in [0.2, 0.25) is 5.02 Å². The molecular formula is C18H23ClN2. The molecule has 2 aromatic rings. The molecule has 0 aliphatic heterocycles. The second kappa shape index (κ2) is 4.89. The van der Waals surface area contributed by atoms with Gasteiger partial charge in [-0.2, -0.15) is 0 Å². The van der Waals surface area contributed by atoms with Crippen molar-refractivity contribution in [3.63, 3.8) is 0 Å². The largest absolute Gasteiger partial charge is 0.324 e. The number of rotatable bonds is 1. The Morgan fingerprint density at radius 2 is 1.95 bits per heavy atom. The lowest BCUT2D eigenvalue weighted by atomic mass is 9.74. The smallest absolute Gasteiger partial charge is 0.0646 e. The summed E-state index contributed by atoms with van der Waals surface area (Å²) in [6, 6.07) is 8.53. The van der Waals surface area contributed by atoms with Gasteiger partial charge in [-0.05, 0) is 61.4 Å². The predicted molar refractivity (Wildman–Crippen MR) is 89.3 cm³/mol. The Bertz CT molecular complexity index is 697. The molecule has 1 aliphatic carbocycles. The summed E-state index contributed by atoms with van der Waals surface area (Å²) in [5.74, 6) is 0. The lowest BCUT2D eigenvalue weighted by Gasteiger charge is -2.34. The molecule has 21 heavy (non-hydrogen) atoms. The highest BCUT2D eigenvalue weighted by Gasteiger charge is 2.33. The van der Waals surface area contributed by atoms with Crippen LogP contribution in [0.25, 0.3) is 5.69 Å². The molecule has 1 atom stereocenters. The zero-order chi connectivity index (χ0) is 15.4. The summed E-state index contributed by atoms with van der Waals surface area (Å²) in [6.45, 7) is 8.82. The van der Waals surface area contributed by atoms with Crippen LogP contribution in [0.4, 0.5) is 0 Å². The molecule has 112 valence electrons. The van der Waals surface area contributed by atoms with E-state index in [-0.39, 0.29) is 11.5 Å². The molecule has 3 rings (SSSR count). The van der Waals surface area contributed by atoms with Crippen LogP contribution < -0.4 is 5.73 Å². The molecule has 2 nitrogen and oxygen atoms in total. The van der Waals surface area contributed by atoms with E-state index in [9.17, 15) is 0 Å². The van der Waals surface area contributed by atoms with Gasteiger partial charge < -0.3 is 10.3 Å². The maximum Gasteiger partial charge on any atom is 0.0646 e. The molecule has 1 heterocycles. The number of benzene rings is 1. The highest BCUT2D eigenvalue weighted by atomic mass is 35.5. The molecule has 0 fully saturated rings. The van der Waals surface area contributed by atoms with Crippen LogP contribution in [0.3, 0.4) is 0 Å². The molecule has 1 aromatic heterocycles. The van der Waals surface area contributed by atoms with Gasteiger partial charge in [-0.1, -0.05) is 31.5 Å². The van der Waals surface area contributed by atoms with Gasteiger partial charge in [0.1, 0.15) is 0 Å². The topological polar surface area (TPSA) is 30.9 Å². The predicted octanol–water partition coefficient (Wildman–Crippen LogP) is 4.72.